The van der Waals surface area contributed by atoms with Crippen molar-refractivity contribution in [2.45, 2.75) is 107 Å². The molecule has 186 valence electrons. The lowest BCUT2D eigenvalue weighted by Crippen LogP contribution is -2.67. The second-order valence-corrected chi connectivity index (χ2v) is 9.65. The van der Waals surface area contributed by atoms with Gasteiger partial charge in [0.2, 0.25) is 0 Å². The fourth-order valence-electron chi connectivity index (χ4n) is 5.08. The molecule has 4 bridgehead atoms. The van der Waals surface area contributed by atoms with Crippen molar-refractivity contribution in [2.75, 3.05) is 0 Å². The minimum Gasteiger partial charge on any atom is -0.359 e. The van der Waals surface area contributed by atoms with Gasteiger partial charge in [0.25, 0.3) is 0 Å². The maximum Gasteiger partial charge on any atom is 0.395 e. The van der Waals surface area contributed by atoms with Crippen LogP contribution < -0.4 is 21.9 Å². The van der Waals surface area contributed by atoms with E-state index in [1.807, 2.05) is 0 Å². The summed E-state index contributed by atoms with van der Waals surface area (Å²) in [4.78, 5) is 0. The Morgan fingerprint density at radius 2 is 1.41 bits per heavy atom. The van der Waals surface area contributed by atoms with Crippen molar-refractivity contribution >= 4 is 0 Å². The Balaban J connectivity index is 1.56. The third kappa shape index (κ3) is 5.87. The quantitative estimate of drug-likeness (QED) is 0.460. The molecule has 6 nitrogen and oxygen atoms in total. The molecule has 7 unspecified atom stereocenters. The van der Waals surface area contributed by atoms with Crippen LogP contribution in [0.15, 0.2) is 0 Å². The van der Waals surface area contributed by atoms with Crippen molar-refractivity contribution in [2.24, 2.45) is 23.5 Å². The highest BCUT2D eigenvalue weighted by molar-refractivity contribution is 4.98. The normalized spacial score (nSPS) is 42.5. The molecule has 3 aliphatic heterocycles. The Labute approximate surface area is 183 Å². The number of ether oxygens (including phenoxy) is 2. The summed E-state index contributed by atoms with van der Waals surface area (Å²) >= 11 is 0. The largest absolute Gasteiger partial charge is 0.395 e. The Bertz CT molecular complexity index is 632. The molecule has 12 heteroatoms. The minimum absolute atomic E-state index is 0.0906. The number of hydrogen-bond donors (Lipinski definition) is 4. The molecule has 8 atom stereocenters. The number of halogens is 6. The van der Waals surface area contributed by atoms with E-state index in [-0.39, 0.29) is 12.5 Å². The van der Waals surface area contributed by atoms with Crippen molar-refractivity contribution in [3.63, 3.8) is 0 Å². The number of piperidine rings is 1. The van der Waals surface area contributed by atoms with Gasteiger partial charge >= 0.3 is 12.4 Å². The van der Waals surface area contributed by atoms with Gasteiger partial charge in [0.15, 0.2) is 0 Å². The van der Waals surface area contributed by atoms with Gasteiger partial charge in [0.05, 0.1) is 24.0 Å². The third-order valence-electron chi connectivity index (χ3n) is 7.08. The molecule has 3 heterocycles. The molecule has 4 fully saturated rings. The lowest BCUT2D eigenvalue weighted by atomic mass is 9.87. The zero-order chi connectivity index (χ0) is 23.1. The van der Waals surface area contributed by atoms with E-state index in [0.717, 1.165) is 12.8 Å². The fourth-order valence-corrected chi connectivity index (χ4v) is 5.08. The Kier molecular flexibility index (Phi) is 7.29. The van der Waals surface area contributed by atoms with Crippen LogP contribution in [0.4, 0.5) is 26.3 Å². The smallest absolute Gasteiger partial charge is 0.359 e. The third-order valence-corrected chi connectivity index (χ3v) is 7.08. The van der Waals surface area contributed by atoms with E-state index in [9.17, 15) is 26.3 Å². The number of alkyl halides is 6. The van der Waals surface area contributed by atoms with E-state index in [2.05, 4.69) is 16.2 Å². The second-order valence-electron chi connectivity index (χ2n) is 9.65. The Hall–Kier alpha value is -0.660. The molecule has 0 radical (unpaired) electrons. The van der Waals surface area contributed by atoms with Gasteiger partial charge < -0.3 is 15.2 Å². The van der Waals surface area contributed by atoms with E-state index in [1.165, 1.54) is 0 Å². The highest BCUT2D eigenvalue weighted by Crippen LogP contribution is 2.41. The molecule has 1 aliphatic carbocycles. The summed E-state index contributed by atoms with van der Waals surface area (Å²) in [6, 6.07) is -1.81. The lowest BCUT2D eigenvalue weighted by molar-refractivity contribution is -0.240. The van der Waals surface area contributed by atoms with E-state index in [1.54, 1.807) is 0 Å². The number of hydrogen-bond acceptors (Lipinski definition) is 6. The minimum atomic E-state index is -4.51. The first-order chi connectivity index (χ1) is 15.0. The molecule has 5 N–H and O–H groups in total. The van der Waals surface area contributed by atoms with Crippen LogP contribution in [-0.2, 0) is 9.47 Å². The number of fused-ring (bicyclic) bond motifs is 5. The standard InChI is InChI=1S/C20H32F6N4O2/c21-19(22,23)12-5-3-1-2-4-11(8-10-6-7-10)31-16-13(20(24,25)26)9-14(27)15(28-16)18-30-29-17(12)32-18/h10-18,28-30H,1-9,27H2/t11?,12-,13?,14?,15?,16?,17?,18?/m1/s1. The molecule has 1 saturated carbocycles. The van der Waals surface area contributed by atoms with E-state index >= 15 is 0 Å². The maximum absolute atomic E-state index is 13.8. The summed E-state index contributed by atoms with van der Waals surface area (Å²) < 4.78 is 94.0. The predicted molar refractivity (Wildman–Crippen MR) is 103 cm³/mol. The highest BCUT2D eigenvalue weighted by Gasteiger charge is 2.54. The SMILES string of the molecule is NC1CC(C(F)(F)F)C2NC1C1NNC(O1)[C@H](C(F)(F)F)CCCCCC(CC1CC1)O2. The topological polar surface area (TPSA) is 80.6 Å². The van der Waals surface area contributed by atoms with Crippen LogP contribution in [0.25, 0.3) is 0 Å². The Morgan fingerprint density at radius 3 is 2.06 bits per heavy atom. The summed E-state index contributed by atoms with van der Waals surface area (Å²) in [5.74, 6) is -3.07. The van der Waals surface area contributed by atoms with Gasteiger partial charge in [-0.25, -0.2) is 10.9 Å². The first-order valence-corrected chi connectivity index (χ1v) is 11.5. The molecule has 3 saturated heterocycles. The van der Waals surface area contributed by atoms with Crippen molar-refractivity contribution in [1.82, 2.24) is 16.2 Å². The molecule has 4 rings (SSSR count). The Morgan fingerprint density at radius 1 is 0.750 bits per heavy atom. The predicted octanol–water partition coefficient (Wildman–Crippen LogP) is 3.28. The summed E-state index contributed by atoms with van der Waals surface area (Å²) in [5, 5.41) is 2.84. The monoisotopic (exact) mass is 474 g/mol. The van der Waals surface area contributed by atoms with E-state index < -0.39 is 61.4 Å². The van der Waals surface area contributed by atoms with Crippen molar-refractivity contribution in [3.8, 4) is 0 Å². The molecule has 0 aromatic carbocycles. The van der Waals surface area contributed by atoms with Gasteiger partial charge in [-0.3, -0.25) is 5.32 Å². The second kappa shape index (κ2) is 9.53. The summed E-state index contributed by atoms with van der Waals surface area (Å²) in [5.41, 5.74) is 11.3. The molecule has 32 heavy (non-hydrogen) atoms. The van der Waals surface area contributed by atoms with E-state index in [0.29, 0.717) is 38.0 Å². The van der Waals surface area contributed by atoms with Gasteiger partial charge in [-0.05, 0) is 31.6 Å². The first kappa shape index (κ1) is 24.5. The number of rotatable bonds is 2. The van der Waals surface area contributed by atoms with Gasteiger partial charge in [0, 0.05) is 6.04 Å². The number of nitrogens with two attached hydrogens (primary N) is 1. The molecule has 0 aromatic rings. The van der Waals surface area contributed by atoms with Crippen molar-refractivity contribution < 1.29 is 35.8 Å². The van der Waals surface area contributed by atoms with Gasteiger partial charge in [-0.15, -0.1) is 0 Å². The number of hydrazine groups is 1. The molecule has 4 aliphatic rings. The van der Waals surface area contributed by atoms with Crippen LogP contribution in [-0.4, -0.2) is 49.2 Å². The summed E-state index contributed by atoms with van der Waals surface area (Å²) in [6.45, 7) is 0. The zero-order valence-corrected chi connectivity index (χ0v) is 17.7. The zero-order valence-electron chi connectivity index (χ0n) is 17.7. The van der Waals surface area contributed by atoms with Crippen molar-refractivity contribution in [1.29, 1.82) is 0 Å². The van der Waals surface area contributed by atoms with E-state index in [4.69, 9.17) is 15.2 Å². The van der Waals surface area contributed by atoms with Crippen LogP contribution in [0.3, 0.4) is 0 Å². The average Bonchev–Trinajstić information content (AvgIpc) is 3.37. The van der Waals surface area contributed by atoms with Gasteiger partial charge in [-0.2, -0.15) is 26.3 Å². The average molecular weight is 474 g/mol. The number of nitrogens with one attached hydrogen (secondary N) is 3. The first-order valence-electron chi connectivity index (χ1n) is 11.5. The van der Waals surface area contributed by atoms with Crippen molar-refractivity contribution in [3.05, 3.63) is 0 Å². The fraction of sp³-hybridized carbons (Fsp3) is 1.00. The summed E-state index contributed by atoms with van der Waals surface area (Å²) in [6.07, 6.45) is -8.71. The van der Waals surface area contributed by atoms with Gasteiger partial charge in [0.1, 0.15) is 18.7 Å². The molecular formula is C20H32F6N4O2. The van der Waals surface area contributed by atoms with Crippen LogP contribution in [0.5, 0.6) is 0 Å². The van der Waals surface area contributed by atoms with Crippen LogP contribution in [0.2, 0.25) is 0 Å². The van der Waals surface area contributed by atoms with Crippen LogP contribution in [0.1, 0.15) is 57.8 Å². The highest BCUT2D eigenvalue weighted by atomic mass is 19.4. The molecule has 0 spiro atoms. The van der Waals surface area contributed by atoms with Crippen LogP contribution in [0, 0.1) is 17.8 Å². The summed E-state index contributed by atoms with van der Waals surface area (Å²) in [7, 11) is 0. The molecule has 0 aromatic heterocycles. The van der Waals surface area contributed by atoms with Crippen LogP contribution >= 0.6 is 0 Å². The van der Waals surface area contributed by atoms with Gasteiger partial charge in [-0.1, -0.05) is 32.1 Å². The maximum atomic E-state index is 13.8. The molecular weight excluding hydrogens is 442 g/mol. The lowest BCUT2D eigenvalue weighted by Gasteiger charge is -2.44. The molecule has 0 amide bonds.